The summed E-state index contributed by atoms with van der Waals surface area (Å²) in [6.07, 6.45) is 1.15. The molecule has 2 fully saturated rings. The van der Waals surface area contributed by atoms with Gasteiger partial charge in [-0.15, -0.1) is 0 Å². The van der Waals surface area contributed by atoms with E-state index in [0.717, 1.165) is 0 Å². The Bertz CT molecular complexity index is 1380. The van der Waals surface area contributed by atoms with Gasteiger partial charge in [-0.1, -0.05) is 49.7 Å². The third-order valence-corrected chi connectivity index (χ3v) is 7.90. The third-order valence-electron chi connectivity index (χ3n) is 7.90. The normalized spacial score (nSPS) is 21.4. The number of aliphatic hydroxyl groups excluding tert-OH is 1. The lowest BCUT2D eigenvalue weighted by molar-refractivity contribution is 0.0116. The van der Waals surface area contributed by atoms with Gasteiger partial charge in [0.25, 0.3) is 0 Å². The van der Waals surface area contributed by atoms with Crippen molar-refractivity contribution in [1.29, 1.82) is 0 Å². The van der Waals surface area contributed by atoms with Gasteiger partial charge in [-0.2, -0.15) is 0 Å². The van der Waals surface area contributed by atoms with Gasteiger partial charge in [0.15, 0.2) is 34.9 Å². The highest BCUT2D eigenvalue weighted by atomic mass is 19.2. The minimum atomic E-state index is -1.30. The van der Waals surface area contributed by atoms with Crippen molar-refractivity contribution in [1.82, 2.24) is 0 Å². The lowest BCUT2D eigenvalue weighted by Gasteiger charge is -2.29. The largest absolute Gasteiger partial charge is 0.388 e. The van der Waals surface area contributed by atoms with Crippen molar-refractivity contribution in [3.05, 3.63) is 93.6 Å². The quantitative estimate of drug-likeness (QED) is 0.210. The second-order valence-corrected chi connectivity index (χ2v) is 10.5. The van der Waals surface area contributed by atoms with Gasteiger partial charge in [0.2, 0.25) is 0 Å². The minimum absolute atomic E-state index is 0.0394. The van der Waals surface area contributed by atoms with Crippen LogP contribution in [0.15, 0.2) is 36.4 Å². The molecule has 1 aliphatic heterocycles. The summed E-state index contributed by atoms with van der Waals surface area (Å²) >= 11 is 0. The fourth-order valence-corrected chi connectivity index (χ4v) is 5.49. The van der Waals surface area contributed by atoms with Crippen molar-refractivity contribution in [2.45, 2.75) is 76.3 Å². The van der Waals surface area contributed by atoms with E-state index in [1.807, 2.05) is 6.92 Å². The number of epoxide rings is 1. The summed E-state index contributed by atoms with van der Waals surface area (Å²) < 4.78 is 99.0. The number of ether oxygens (including phenoxy) is 2. The van der Waals surface area contributed by atoms with Crippen LogP contribution in [0, 0.1) is 34.9 Å². The minimum Gasteiger partial charge on any atom is -0.388 e. The number of halogens is 6. The van der Waals surface area contributed by atoms with E-state index in [1.165, 1.54) is 36.4 Å². The predicted molar refractivity (Wildman–Crippen MR) is 136 cm³/mol. The maximum absolute atomic E-state index is 14.9. The molecular formula is C31H30F6O3. The van der Waals surface area contributed by atoms with E-state index in [2.05, 4.69) is 0 Å². The van der Waals surface area contributed by atoms with Gasteiger partial charge in [0, 0.05) is 27.8 Å². The smallest absolute Gasteiger partial charge is 0.167 e. The van der Waals surface area contributed by atoms with Crippen LogP contribution in [-0.4, -0.2) is 17.8 Å². The van der Waals surface area contributed by atoms with Gasteiger partial charge in [0.05, 0.1) is 25.4 Å². The standard InChI is InChI=1S/C31H30F6O3/c1-2-3-24(38)22-12-10-19(27(33)30(22)36)16-4-7-18(8-5-16)39-14-17-6-9-20(28(34)26(17)32)21-11-13-23(25-15-40-25)31(37)29(21)35/h6,9-13,16,18,24-25,38H,2-5,7-8,14-15H2,1H3. The molecule has 0 spiro atoms. The Kier molecular flexibility index (Phi) is 8.54. The molecule has 1 N–H and O–H groups in total. The second kappa shape index (κ2) is 11.9. The lowest BCUT2D eigenvalue weighted by Crippen LogP contribution is -2.22. The first-order valence-corrected chi connectivity index (χ1v) is 13.5. The molecule has 9 heteroatoms. The predicted octanol–water partition coefficient (Wildman–Crippen LogP) is 8.34. The monoisotopic (exact) mass is 564 g/mol. The molecule has 214 valence electrons. The van der Waals surface area contributed by atoms with E-state index < -0.39 is 52.7 Å². The molecule has 40 heavy (non-hydrogen) atoms. The Hall–Kier alpha value is -2.88. The summed E-state index contributed by atoms with van der Waals surface area (Å²) in [7, 11) is 0. The lowest BCUT2D eigenvalue weighted by atomic mass is 9.82. The second-order valence-electron chi connectivity index (χ2n) is 10.5. The van der Waals surface area contributed by atoms with E-state index in [4.69, 9.17) is 9.47 Å². The molecule has 2 atom stereocenters. The summed E-state index contributed by atoms with van der Waals surface area (Å²) in [6, 6.07) is 7.95. The highest BCUT2D eigenvalue weighted by molar-refractivity contribution is 5.66. The van der Waals surface area contributed by atoms with Gasteiger partial charge in [-0.25, -0.2) is 26.3 Å². The number of hydrogen-bond donors (Lipinski definition) is 1. The maximum atomic E-state index is 14.9. The van der Waals surface area contributed by atoms with Crippen LogP contribution in [0.5, 0.6) is 0 Å². The molecule has 3 nitrogen and oxygen atoms in total. The number of rotatable bonds is 9. The summed E-state index contributed by atoms with van der Waals surface area (Å²) in [6.45, 7) is 1.89. The summed E-state index contributed by atoms with van der Waals surface area (Å²) in [4.78, 5) is 0. The van der Waals surface area contributed by atoms with E-state index in [9.17, 15) is 31.4 Å². The van der Waals surface area contributed by atoms with E-state index in [0.29, 0.717) is 38.5 Å². The van der Waals surface area contributed by atoms with Gasteiger partial charge >= 0.3 is 0 Å². The fourth-order valence-electron chi connectivity index (χ4n) is 5.49. The molecule has 0 amide bonds. The summed E-state index contributed by atoms with van der Waals surface area (Å²) in [5, 5.41) is 10.1. The molecule has 2 unspecified atom stereocenters. The van der Waals surface area contributed by atoms with Crippen LogP contribution in [-0.2, 0) is 16.1 Å². The van der Waals surface area contributed by atoms with E-state index >= 15 is 0 Å². The van der Waals surface area contributed by atoms with Crippen LogP contribution in [0.3, 0.4) is 0 Å². The summed E-state index contributed by atoms with van der Waals surface area (Å²) in [5.41, 5.74) is -0.602. The van der Waals surface area contributed by atoms with Crippen LogP contribution in [0.4, 0.5) is 26.3 Å². The number of benzene rings is 3. The van der Waals surface area contributed by atoms with Gasteiger partial charge in [-0.05, 0) is 43.6 Å². The van der Waals surface area contributed by atoms with Crippen LogP contribution < -0.4 is 0 Å². The van der Waals surface area contributed by atoms with Crippen molar-refractivity contribution < 1.29 is 40.9 Å². The summed E-state index contributed by atoms with van der Waals surface area (Å²) in [5.74, 6) is -7.11. The van der Waals surface area contributed by atoms with Crippen LogP contribution in [0.1, 0.15) is 85.8 Å². The Labute approximate surface area is 228 Å². The highest BCUT2D eigenvalue weighted by Gasteiger charge is 2.31. The molecule has 1 saturated carbocycles. The van der Waals surface area contributed by atoms with Gasteiger partial charge in [-0.3, -0.25) is 0 Å². The molecule has 3 aromatic carbocycles. The maximum Gasteiger partial charge on any atom is 0.167 e. The fraction of sp³-hybridized carbons (Fsp3) is 0.419. The highest BCUT2D eigenvalue weighted by Crippen LogP contribution is 2.39. The molecule has 1 heterocycles. The Morgan fingerprint density at radius 3 is 2.02 bits per heavy atom. The van der Waals surface area contributed by atoms with Crippen molar-refractivity contribution in [2.75, 3.05) is 6.61 Å². The Morgan fingerprint density at radius 2 is 1.38 bits per heavy atom. The molecular weight excluding hydrogens is 534 g/mol. The zero-order valence-electron chi connectivity index (χ0n) is 22.0. The van der Waals surface area contributed by atoms with Crippen molar-refractivity contribution in [3.63, 3.8) is 0 Å². The molecule has 2 aliphatic rings. The average Bonchev–Trinajstić information content (AvgIpc) is 3.79. The first-order chi connectivity index (χ1) is 19.2. The molecule has 1 saturated heterocycles. The molecule has 5 rings (SSSR count). The van der Waals surface area contributed by atoms with Crippen LogP contribution in [0.2, 0.25) is 0 Å². The van der Waals surface area contributed by atoms with Crippen molar-refractivity contribution in [2.24, 2.45) is 0 Å². The van der Waals surface area contributed by atoms with Crippen molar-refractivity contribution in [3.8, 4) is 11.1 Å². The molecule has 0 aromatic heterocycles. The first kappa shape index (κ1) is 28.6. The Balaban J connectivity index is 1.21. The number of hydrogen-bond acceptors (Lipinski definition) is 3. The zero-order valence-corrected chi connectivity index (χ0v) is 22.0. The molecule has 0 bridgehead atoms. The molecule has 0 radical (unpaired) electrons. The Morgan fingerprint density at radius 1 is 0.775 bits per heavy atom. The zero-order chi connectivity index (χ0) is 28.6. The van der Waals surface area contributed by atoms with Crippen LogP contribution in [0.25, 0.3) is 11.1 Å². The van der Waals surface area contributed by atoms with Crippen molar-refractivity contribution >= 4 is 0 Å². The van der Waals surface area contributed by atoms with Crippen LogP contribution >= 0.6 is 0 Å². The SMILES string of the molecule is CCCC(O)c1ccc(C2CCC(OCc3ccc(-c4ccc(C5CO5)c(F)c4F)c(F)c3F)CC2)c(F)c1F. The van der Waals surface area contributed by atoms with Gasteiger partial charge in [0.1, 0.15) is 6.10 Å². The molecule has 1 aliphatic carbocycles. The van der Waals surface area contributed by atoms with Gasteiger partial charge < -0.3 is 14.6 Å². The third kappa shape index (κ3) is 5.64. The first-order valence-electron chi connectivity index (χ1n) is 13.5. The van der Waals surface area contributed by atoms with E-state index in [-0.39, 0.29) is 53.1 Å². The average molecular weight is 565 g/mol. The topological polar surface area (TPSA) is 42.0 Å². The molecule has 3 aromatic rings. The number of aliphatic hydroxyl groups is 1. The van der Waals surface area contributed by atoms with E-state index in [1.54, 1.807) is 0 Å².